The summed E-state index contributed by atoms with van der Waals surface area (Å²) in [5.74, 6) is 1.02. The summed E-state index contributed by atoms with van der Waals surface area (Å²) in [5, 5.41) is 3.26. The SMILES string of the molecule is CCOC(=O)C1CCCN(C(=NC)NCCS(=O)c2ccccc2)C1. The van der Waals surface area contributed by atoms with Gasteiger partial charge in [-0.05, 0) is 31.9 Å². The molecule has 0 saturated carbocycles. The maximum atomic E-state index is 12.3. The van der Waals surface area contributed by atoms with E-state index in [4.69, 9.17) is 4.74 Å². The predicted molar refractivity (Wildman–Crippen MR) is 100 cm³/mol. The van der Waals surface area contributed by atoms with Gasteiger partial charge in [0.05, 0.1) is 23.3 Å². The van der Waals surface area contributed by atoms with E-state index in [0.717, 1.165) is 30.2 Å². The van der Waals surface area contributed by atoms with Gasteiger partial charge in [-0.1, -0.05) is 18.2 Å². The third-order valence-electron chi connectivity index (χ3n) is 4.13. The van der Waals surface area contributed by atoms with Crippen molar-refractivity contribution in [2.24, 2.45) is 10.9 Å². The summed E-state index contributed by atoms with van der Waals surface area (Å²) in [5.41, 5.74) is 0. The Morgan fingerprint density at radius 3 is 2.84 bits per heavy atom. The molecule has 25 heavy (non-hydrogen) atoms. The topological polar surface area (TPSA) is 71.0 Å². The van der Waals surface area contributed by atoms with Gasteiger partial charge in [0.2, 0.25) is 0 Å². The van der Waals surface area contributed by atoms with Crippen molar-refractivity contribution >= 4 is 22.7 Å². The summed E-state index contributed by atoms with van der Waals surface area (Å²) in [6.07, 6.45) is 1.78. The van der Waals surface area contributed by atoms with Crippen LogP contribution >= 0.6 is 0 Å². The van der Waals surface area contributed by atoms with Gasteiger partial charge in [0.25, 0.3) is 0 Å². The highest BCUT2D eigenvalue weighted by molar-refractivity contribution is 7.85. The molecule has 1 saturated heterocycles. The third-order valence-corrected chi connectivity index (χ3v) is 5.50. The van der Waals surface area contributed by atoms with Gasteiger partial charge in [0.15, 0.2) is 5.96 Å². The van der Waals surface area contributed by atoms with Crippen molar-refractivity contribution in [1.29, 1.82) is 0 Å². The highest BCUT2D eigenvalue weighted by atomic mass is 32.2. The minimum absolute atomic E-state index is 0.106. The van der Waals surface area contributed by atoms with E-state index in [0.29, 0.717) is 25.4 Å². The van der Waals surface area contributed by atoms with Crippen LogP contribution in [0.3, 0.4) is 0 Å². The molecule has 1 fully saturated rings. The number of ether oxygens (including phenoxy) is 1. The number of esters is 1. The molecule has 0 spiro atoms. The molecule has 138 valence electrons. The van der Waals surface area contributed by atoms with Crippen molar-refractivity contribution in [1.82, 2.24) is 10.2 Å². The standard InChI is InChI=1S/C18H27N3O3S/c1-3-24-17(22)15-8-7-12-21(14-15)18(19-2)20-11-13-25(23)16-9-5-4-6-10-16/h4-6,9-10,15H,3,7-8,11-14H2,1-2H3,(H,19,20). The second-order valence-corrected chi connectivity index (χ2v) is 7.44. The summed E-state index contributed by atoms with van der Waals surface area (Å²) >= 11 is 0. The molecule has 1 aliphatic heterocycles. The van der Waals surface area contributed by atoms with E-state index in [2.05, 4.69) is 15.2 Å². The lowest BCUT2D eigenvalue weighted by Crippen LogP contribution is -2.48. The summed E-state index contributed by atoms with van der Waals surface area (Å²) in [6.45, 7) is 4.27. The minimum atomic E-state index is -1.03. The first-order chi connectivity index (χ1) is 12.2. The number of carbonyl (C=O) groups is 1. The van der Waals surface area contributed by atoms with Crippen molar-refractivity contribution in [2.45, 2.75) is 24.7 Å². The zero-order valence-corrected chi connectivity index (χ0v) is 15.8. The largest absolute Gasteiger partial charge is 0.466 e. The number of rotatable bonds is 6. The molecule has 0 bridgehead atoms. The molecular weight excluding hydrogens is 338 g/mol. The number of hydrogen-bond donors (Lipinski definition) is 1. The molecule has 2 rings (SSSR count). The fourth-order valence-corrected chi connectivity index (χ4v) is 3.88. The molecule has 7 heteroatoms. The molecule has 6 nitrogen and oxygen atoms in total. The Hall–Kier alpha value is -1.89. The van der Waals surface area contributed by atoms with Gasteiger partial charge in [0, 0.05) is 37.3 Å². The Labute approximate surface area is 152 Å². The number of carbonyl (C=O) groups excluding carboxylic acids is 1. The van der Waals surface area contributed by atoms with Crippen molar-refractivity contribution in [3.8, 4) is 0 Å². The van der Waals surface area contributed by atoms with Crippen LogP contribution in [0.15, 0.2) is 40.2 Å². The first-order valence-corrected chi connectivity index (χ1v) is 10.0. The molecule has 2 unspecified atom stereocenters. The van der Waals surface area contributed by atoms with Gasteiger partial charge in [-0.15, -0.1) is 0 Å². The Balaban J connectivity index is 1.83. The summed E-state index contributed by atoms with van der Waals surface area (Å²) in [4.78, 5) is 19.2. The van der Waals surface area contributed by atoms with E-state index in [9.17, 15) is 9.00 Å². The summed E-state index contributed by atoms with van der Waals surface area (Å²) in [6, 6.07) is 9.45. The molecule has 0 radical (unpaired) electrons. The van der Waals surface area contributed by atoms with Crippen molar-refractivity contribution < 1.29 is 13.7 Å². The first-order valence-electron chi connectivity index (χ1n) is 8.71. The van der Waals surface area contributed by atoms with Crippen molar-refractivity contribution in [3.05, 3.63) is 30.3 Å². The van der Waals surface area contributed by atoms with E-state index in [1.807, 2.05) is 37.3 Å². The minimum Gasteiger partial charge on any atom is -0.466 e. The van der Waals surface area contributed by atoms with Gasteiger partial charge in [-0.3, -0.25) is 14.0 Å². The number of nitrogens with one attached hydrogen (secondary N) is 1. The molecule has 0 amide bonds. The van der Waals surface area contributed by atoms with E-state index in [-0.39, 0.29) is 11.9 Å². The highest BCUT2D eigenvalue weighted by Gasteiger charge is 2.28. The van der Waals surface area contributed by atoms with Crippen LogP contribution in [0, 0.1) is 5.92 Å². The molecule has 1 aromatic carbocycles. The Morgan fingerprint density at radius 1 is 1.40 bits per heavy atom. The van der Waals surface area contributed by atoms with E-state index in [1.54, 1.807) is 7.05 Å². The molecule has 1 N–H and O–H groups in total. The van der Waals surface area contributed by atoms with Crippen LogP contribution < -0.4 is 5.32 Å². The molecule has 0 aromatic heterocycles. The third kappa shape index (κ3) is 5.85. The Kier molecular flexibility index (Phi) is 7.91. The average Bonchev–Trinajstić information content (AvgIpc) is 2.66. The average molecular weight is 365 g/mol. The lowest BCUT2D eigenvalue weighted by Gasteiger charge is -2.33. The maximum Gasteiger partial charge on any atom is 0.310 e. The van der Waals surface area contributed by atoms with Crippen LogP contribution in [0.4, 0.5) is 0 Å². The number of nitrogens with zero attached hydrogens (tertiary/aromatic N) is 2. The van der Waals surface area contributed by atoms with Gasteiger partial charge in [-0.25, -0.2) is 0 Å². The van der Waals surface area contributed by atoms with Crippen LogP contribution in [-0.4, -0.2) is 60.1 Å². The van der Waals surface area contributed by atoms with Crippen LogP contribution in [0.5, 0.6) is 0 Å². The van der Waals surface area contributed by atoms with Crippen molar-refractivity contribution in [3.63, 3.8) is 0 Å². The fourth-order valence-electron chi connectivity index (χ4n) is 2.90. The zero-order valence-electron chi connectivity index (χ0n) is 14.9. The van der Waals surface area contributed by atoms with Gasteiger partial charge in [0.1, 0.15) is 0 Å². The normalized spacial score (nSPS) is 19.4. The van der Waals surface area contributed by atoms with Crippen LogP contribution in [0.25, 0.3) is 0 Å². The summed E-state index contributed by atoms with van der Waals surface area (Å²) < 4.78 is 17.4. The molecule has 2 atom stereocenters. The zero-order chi connectivity index (χ0) is 18.1. The lowest BCUT2D eigenvalue weighted by atomic mass is 9.98. The summed E-state index contributed by atoms with van der Waals surface area (Å²) in [7, 11) is 0.693. The second-order valence-electron chi connectivity index (χ2n) is 5.87. The van der Waals surface area contributed by atoms with Gasteiger partial charge >= 0.3 is 5.97 Å². The van der Waals surface area contributed by atoms with Crippen molar-refractivity contribution in [2.75, 3.05) is 39.0 Å². The van der Waals surface area contributed by atoms with Gasteiger partial charge in [-0.2, -0.15) is 0 Å². The van der Waals surface area contributed by atoms with Crippen LogP contribution in [0.1, 0.15) is 19.8 Å². The fraction of sp³-hybridized carbons (Fsp3) is 0.556. The molecule has 1 aliphatic rings. The smallest absolute Gasteiger partial charge is 0.310 e. The number of aliphatic imine (C=N–C) groups is 1. The van der Waals surface area contributed by atoms with Crippen LogP contribution in [0.2, 0.25) is 0 Å². The number of hydrogen-bond acceptors (Lipinski definition) is 4. The van der Waals surface area contributed by atoms with E-state index < -0.39 is 10.8 Å². The van der Waals surface area contributed by atoms with Gasteiger partial charge < -0.3 is 15.0 Å². The molecule has 1 aromatic rings. The molecule has 0 aliphatic carbocycles. The first kappa shape index (κ1) is 19.4. The number of guanidine groups is 1. The number of piperidine rings is 1. The highest BCUT2D eigenvalue weighted by Crippen LogP contribution is 2.18. The second kappa shape index (κ2) is 10.2. The molecule has 1 heterocycles. The number of likely N-dealkylation sites (tertiary alicyclic amines) is 1. The quantitative estimate of drug-likeness (QED) is 0.471. The maximum absolute atomic E-state index is 12.3. The molecular formula is C18H27N3O3S. The Bertz CT molecular complexity index is 607. The van der Waals surface area contributed by atoms with E-state index >= 15 is 0 Å². The van der Waals surface area contributed by atoms with E-state index in [1.165, 1.54) is 0 Å². The number of benzene rings is 1. The lowest BCUT2D eigenvalue weighted by molar-refractivity contribution is -0.149. The Morgan fingerprint density at radius 2 is 2.16 bits per heavy atom. The predicted octanol–water partition coefficient (Wildman–Crippen LogP) is 1.64. The van der Waals surface area contributed by atoms with Crippen LogP contribution in [-0.2, 0) is 20.3 Å². The monoisotopic (exact) mass is 365 g/mol.